The van der Waals surface area contributed by atoms with Crippen molar-refractivity contribution in [1.29, 1.82) is 0 Å². The summed E-state index contributed by atoms with van der Waals surface area (Å²) in [6, 6.07) is 14.3. The summed E-state index contributed by atoms with van der Waals surface area (Å²) < 4.78 is 0. The number of phenolic OH excluding ortho intramolecular Hbond substituents is 1. The van der Waals surface area contributed by atoms with E-state index >= 15 is 0 Å². The first-order valence-corrected chi connectivity index (χ1v) is 10.4. The Kier molecular flexibility index (Phi) is 8.14. The van der Waals surface area contributed by atoms with Gasteiger partial charge in [-0.2, -0.15) is 5.10 Å². The first kappa shape index (κ1) is 26.6. The number of rotatable bonds is 9. The quantitative estimate of drug-likeness (QED) is 0.163. The van der Waals surface area contributed by atoms with Crippen LogP contribution in [0, 0.1) is 30.3 Å². The molecule has 15 nitrogen and oxygen atoms in total. The van der Waals surface area contributed by atoms with Gasteiger partial charge in [0.05, 0.1) is 32.6 Å². The summed E-state index contributed by atoms with van der Waals surface area (Å²) in [5, 5.41) is 49.1. The minimum absolute atomic E-state index is 0.197. The number of carbonyl (C=O) groups is 2. The Morgan fingerprint density at radius 1 is 0.842 bits per heavy atom. The van der Waals surface area contributed by atoms with Crippen LogP contribution in [0.15, 0.2) is 77.5 Å². The van der Waals surface area contributed by atoms with Gasteiger partial charge in [0.2, 0.25) is 5.75 Å². The second-order valence-electron chi connectivity index (χ2n) is 7.34. The number of amides is 2. The molecule has 15 heteroatoms. The van der Waals surface area contributed by atoms with E-state index in [2.05, 4.69) is 15.8 Å². The first-order chi connectivity index (χ1) is 18.1. The van der Waals surface area contributed by atoms with Crippen molar-refractivity contribution in [2.75, 3.05) is 0 Å². The zero-order chi connectivity index (χ0) is 27.8. The Hall–Kier alpha value is -5.99. The number of hydrogen-bond donors (Lipinski definition) is 3. The first-order valence-electron chi connectivity index (χ1n) is 10.4. The molecule has 0 spiro atoms. The second kappa shape index (κ2) is 11.6. The van der Waals surface area contributed by atoms with Gasteiger partial charge in [0.25, 0.3) is 23.2 Å². The van der Waals surface area contributed by atoms with Gasteiger partial charge in [-0.05, 0) is 35.9 Å². The molecule has 3 N–H and O–H groups in total. The maximum atomic E-state index is 12.8. The Labute approximate surface area is 212 Å². The van der Waals surface area contributed by atoms with Crippen molar-refractivity contribution in [3.63, 3.8) is 0 Å². The average Bonchev–Trinajstić information content (AvgIpc) is 2.89. The molecule has 0 aromatic heterocycles. The third kappa shape index (κ3) is 6.57. The van der Waals surface area contributed by atoms with Crippen LogP contribution < -0.4 is 10.7 Å². The molecule has 0 fully saturated rings. The predicted molar refractivity (Wildman–Crippen MR) is 132 cm³/mol. The highest BCUT2D eigenvalue weighted by Gasteiger charge is 2.23. The van der Waals surface area contributed by atoms with Crippen LogP contribution >= 0.6 is 0 Å². The molecule has 2 amide bonds. The molecule has 192 valence electrons. The monoisotopic (exact) mass is 520 g/mol. The van der Waals surface area contributed by atoms with E-state index in [0.717, 1.165) is 12.3 Å². The third-order valence-corrected chi connectivity index (χ3v) is 4.83. The van der Waals surface area contributed by atoms with Gasteiger partial charge in [-0.1, -0.05) is 18.2 Å². The van der Waals surface area contributed by atoms with E-state index in [9.17, 15) is 45.0 Å². The highest BCUT2D eigenvalue weighted by molar-refractivity contribution is 6.05. The van der Waals surface area contributed by atoms with E-state index in [-0.39, 0.29) is 16.9 Å². The Morgan fingerprint density at radius 2 is 1.47 bits per heavy atom. The summed E-state index contributed by atoms with van der Waals surface area (Å²) in [6.07, 6.45) is 1.96. The fraction of sp³-hybridized carbons (Fsp3) is 0. The highest BCUT2D eigenvalue weighted by atomic mass is 16.6. The van der Waals surface area contributed by atoms with Crippen molar-refractivity contribution in [2.24, 2.45) is 5.10 Å². The SMILES string of the molecule is O=C(N/N=C/c1cc([N+](=O)[O-])cc([N+](=O)[O-])c1O)/C(=C/c1ccc([N+](=O)[O-])cc1)NC(=O)c1ccccc1. The summed E-state index contributed by atoms with van der Waals surface area (Å²) in [5.41, 5.74) is -0.0270. The van der Waals surface area contributed by atoms with E-state index < -0.39 is 49.3 Å². The number of nitrogens with one attached hydrogen (secondary N) is 2. The lowest BCUT2D eigenvalue weighted by Gasteiger charge is -2.09. The molecule has 0 heterocycles. The van der Waals surface area contributed by atoms with E-state index in [1.165, 1.54) is 42.5 Å². The number of carbonyl (C=O) groups excluding carboxylic acids is 2. The number of phenols is 1. The lowest BCUT2D eigenvalue weighted by molar-refractivity contribution is -0.394. The molecule has 0 atom stereocenters. The van der Waals surface area contributed by atoms with E-state index in [4.69, 9.17) is 0 Å². The fourth-order valence-electron chi connectivity index (χ4n) is 2.99. The van der Waals surface area contributed by atoms with Gasteiger partial charge in [0.1, 0.15) is 5.70 Å². The molecule has 0 radical (unpaired) electrons. The summed E-state index contributed by atoms with van der Waals surface area (Å²) in [5.74, 6) is -2.56. The molecular formula is C23H16N6O9. The van der Waals surface area contributed by atoms with Crippen LogP contribution in [-0.4, -0.2) is 37.9 Å². The van der Waals surface area contributed by atoms with Gasteiger partial charge >= 0.3 is 5.69 Å². The maximum Gasteiger partial charge on any atom is 0.318 e. The molecule has 38 heavy (non-hydrogen) atoms. The normalized spacial score (nSPS) is 11.1. The molecule has 3 rings (SSSR count). The Morgan fingerprint density at radius 3 is 2.05 bits per heavy atom. The highest BCUT2D eigenvalue weighted by Crippen LogP contribution is 2.33. The number of hydrogen-bond acceptors (Lipinski definition) is 10. The maximum absolute atomic E-state index is 12.8. The van der Waals surface area contributed by atoms with E-state index in [0.29, 0.717) is 11.6 Å². The van der Waals surface area contributed by atoms with Crippen molar-refractivity contribution >= 4 is 41.2 Å². The Bertz CT molecular complexity index is 1490. The largest absolute Gasteiger partial charge is 0.502 e. The van der Waals surface area contributed by atoms with E-state index in [1.807, 2.05) is 0 Å². The average molecular weight is 520 g/mol. The number of benzene rings is 3. The van der Waals surface area contributed by atoms with Crippen molar-refractivity contribution in [3.8, 4) is 5.75 Å². The molecule has 0 saturated heterocycles. The Balaban J connectivity index is 1.90. The summed E-state index contributed by atoms with van der Waals surface area (Å²) in [6.45, 7) is 0. The minimum atomic E-state index is -1.03. The van der Waals surface area contributed by atoms with Crippen molar-refractivity contribution in [1.82, 2.24) is 10.7 Å². The summed E-state index contributed by atoms with van der Waals surface area (Å²) in [4.78, 5) is 55.9. The molecule has 0 saturated carbocycles. The van der Waals surface area contributed by atoms with Crippen molar-refractivity contribution < 1.29 is 29.5 Å². The van der Waals surface area contributed by atoms with Gasteiger partial charge in [-0.3, -0.25) is 39.9 Å². The van der Waals surface area contributed by atoms with Crippen LogP contribution in [0.5, 0.6) is 5.75 Å². The van der Waals surface area contributed by atoms with Gasteiger partial charge in [-0.25, -0.2) is 5.43 Å². The minimum Gasteiger partial charge on any atom is -0.502 e. The smallest absolute Gasteiger partial charge is 0.318 e. The molecular weight excluding hydrogens is 504 g/mol. The van der Waals surface area contributed by atoms with Gasteiger partial charge < -0.3 is 10.4 Å². The zero-order valence-electron chi connectivity index (χ0n) is 19.0. The van der Waals surface area contributed by atoms with Gasteiger partial charge in [0.15, 0.2) is 0 Å². The number of nitrogens with zero attached hydrogens (tertiary/aromatic N) is 4. The molecule has 0 unspecified atom stereocenters. The summed E-state index contributed by atoms with van der Waals surface area (Å²) >= 11 is 0. The second-order valence-corrected chi connectivity index (χ2v) is 7.34. The summed E-state index contributed by atoms with van der Waals surface area (Å²) in [7, 11) is 0. The molecule has 0 bridgehead atoms. The molecule has 3 aromatic carbocycles. The predicted octanol–water partition coefficient (Wildman–Crippen LogP) is 3.04. The number of nitro benzene ring substituents is 3. The van der Waals surface area contributed by atoms with Gasteiger partial charge in [-0.15, -0.1) is 0 Å². The standard InChI is InChI=1S/C23H16N6O9/c30-21-16(11-18(28(35)36)12-20(21)29(37)38)13-24-26-23(32)19(25-22(31)15-4-2-1-3-5-15)10-14-6-8-17(9-7-14)27(33)34/h1-13,30H,(H,25,31)(H,26,32)/b19-10-,24-13+. The zero-order valence-corrected chi connectivity index (χ0v) is 19.0. The topological polar surface area (TPSA) is 220 Å². The lowest BCUT2D eigenvalue weighted by atomic mass is 10.1. The number of non-ortho nitro benzene ring substituents is 2. The molecule has 3 aromatic rings. The van der Waals surface area contributed by atoms with Crippen LogP contribution in [0.2, 0.25) is 0 Å². The van der Waals surface area contributed by atoms with Crippen molar-refractivity contribution in [2.45, 2.75) is 0 Å². The molecule has 0 aliphatic carbocycles. The molecule has 0 aliphatic rings. The number of hydrazone groups is 1. The lowest BCUT2D eigenvalue weighted by Crippen LogP contribution is -2.32. The number of nitro groups is 3. The van der Waals surface area contributed by atoms with Crippen LogP contribution in [0.1, 0.15) is 21.5 Å². The van der Waals surface area contributed by atoms with Gasteiger partial charge in [0, 0.05) is 23.8 Å². The van der Waals surface area contributed by atoms with Crippen LogP contribution in [0.25, 0.3) is 6.08 Å². The van der Waals surface area contributed by atoms with Crippen LogP contribution in [0.4, 0.5) is 17.1 Å². The number of aromatic hydroxyl groups is 1. The third-order valence-electron chi connectivity index (χ3n) is 4.83. The van der Waals surface area contributed by atoms with E-state index in [1.54, 1.807) is 18.2 Å². The van der Waals surface area contributed by atoms with Crippen LogP contribution in [0.3, 0.4) is 0 Å². The van der Waals surface area contributed by atoms with Crippen LogP contribution in [-0.2, 0) is 4.79 Å². The van der Waals surface area contributed by atoms with Crippen molar-refractivity contribution in [3.05, 3.63) is 119 Å². The fourth-order valence-corrected chi connectivity index (χ4v) is 2.99. The molecule has 0 aliphatic heterocycles.